The third-order valence-corrected chi connectivity index (χ3v) is 1.56. The van der Waals surface area contributed by atoms with E-state index in [4.69, 9.17) is 4.74 Å². The first-order valence-electron chi connectivity index (χ1n) is 3.78. The molecule has 12 heavy (non-hydrogen) atoms. The molecule has 0 saturated heterocycles. The van der Waals surface area contributed by atoms with E-state index in [1.54, 1.807) is 19.5 Å². The quantitative estimate of drug-likeness (QED) is 0.630. The molecule has 0 aliphatic rings. The molecule has 0 aromatic carbocycles. The average Bonchev–Trinajstić information content (AvgIpc) is 2.15. The number of methoxy groups -OCH3 is 1. The molecule has 0 bridgehead atoms. The minimum atomic E-state index is 0.537. The molecular formula is C9H11NO2. The molecule has 0 unspecified atom stereocenters. The third kappa shape index (κ3) is 2.34. The molecule has 0 fully saturated rings. The van der Waals surface area contributed by atoms with Gasteiger partial charge in [0.25, 0.3) is 0 Å². The Morgan fingerprint density at radius 1 is 1.58 bits per heavy atom. The minimum Gasteiger partial charge on any atom is -0.495 e. The Balaban J connectivity index is 2.65. The summed E-state index contributed by atoms with van der Waals surface area (Å²) in [6.45, 7) is 0. The lowest BCUT2D eigenvalue weighted by Gasteiger charge is -2.00. The molecule has 0 radical (unpaired) electrons. The van der Waals surface area contributed by atoms with Crippen molar-refractivity contribution in [3.63, 3.8) is 0 Å². The normalized spacial score (nSPS) is 9.42. The Morgan fingerprint density at radius 3 is 3.08 bits per heavy atom. The summed E-state index contributed by atoms with van der Waals surface area (Å²) < 4.78 is 4.98. The Kier molecular flexibility index (Phi) is 3.26. The number of rotatable bonds is 4. The summed E-state index contributed by atoms with van der Waals surface area (Å²) in [5.74, 6) is 0.735. The van der Waals surface area contributed by atoms with Gasteiger partial charge in [-0.3, -0.25) is 4.98 Å². The van der Waals surface area contributed by atoms with E-state index < -0.39 is 0 Å². The van der Waals surface area contributed by atoms with Crippen LogP contribution in [-0.2, 0) is 11.2 Å². The molecule has 0 saturated carbocycles. The molecule has 1 aromatic rings. The smallest absolute Gasteiger partial charge is 0.137 e. The maximum Gasteiger partial charge on any atom is 0.137 e. The van der Waals surface area contributed by atoms with Gasteiger partial charge in [0, 0.05) is 12.6 Å². The van der Waals surface area contributed by atoms with E-state index in [0.29, 0.717) is 6.42 Å². The first-order valence-corrected chi connectivity index (χ1v) is 3.78. The summed E-state index contributed by atoms with van der Waals surface area (Å²) in [7, 11) is 1.60. The van der Waals surface area contributed by atoms with Crippen LogP contribution in [0.25, 0.3) is 0 Å². The first kappa shape index (κ1) is 8.71. The number of aldehydes is 1. The lowest BCUT2D eigenvalue weighted by atomic mass is 10.2. The fourth-order valence-electron chi connectivity index (χ4n) is 0.938. The van der Waals surface area contributed by atoms with Gasteiger partial charge in [0.05, 0.1) is 13.3 Å². The summed E-state index contributed by atoms with van der Waals surface area (Å²) in [5.41, 5.74) is 1.03. The molecule has 3 heteroatoms. The van der Waals surface area contributed by atoms with Gasteiger partial charge in [-0.1, -0.05) is 0 Å². The number of pyridine rings is 1. The second kappa shape index (κ2) is 4.49. The van der Waals surface area contributed by atoms with Crippen LogP contribution in [0, 0.1) is 0 Å². The topological polar surface area (TPSA) is 39.2 Å². The maximum atomic E-state index is 10.1. The van der Waals surface area contributed by atoms with Crippen LogP contribution < -0.4 is 4.74 Å². The molecule has 1 heterocycles. The predicted octanol–water partition coefficient (Wildman–Crippen LogP) is 1.22. The molecule has 3 nitrogen and oxygen atoms in total. The second-order valence-electron chi connectivity index (χ2n) is 2.44. The van der Waals surface area contributed by atoms with Crippen LogP contribution in [-0.4, -0.2) is 18.4 Å². The Labute approximate surface area is 71.4 Å². The minimum absolute atomic E-state index is 0.537. The van der Waals surface area contributed by atoms with Gasteiger partial charge < -0.3 is 9.53 Å². The number of aryl methyl sites for hydroxylation is 1. The van der Waals surface area contributed by atoms with Crippen molar-refractivity contribution >= 4 is 6.29 Å². The number of carbonyl (C=O) groups excluding carboxylic acids is 1. The van der Waals surface area contributed by atoms with Crippen molar-refractivity contribution < 1.29 is 9.53 Å². The van der Waals surface area contributed by atoms with E-state index in [-0.39, 0.29) is 0 Å². The van der Waals surface area contributed by atoms with Gasteiger partial charge in [-0.25, -0.2) is 0 Å². The van der Waals surface area contributed by atoms with Crippen molar-refractivity contribution in [2.24, 2.45) is 0 Å². The second-order valence-corrected chi connectivity index (χ2v) is 2.44. The highest BCUT2D eigenvalue weighted by Gasteiger charge is 1.95. The van der Waals surface area contributed by atoms with Gasteiger partial charge in [0.2, 0.25) is 0 Å². The van der Waals surface area contributed by atoms with Gasteiger partial charge >= 0.3 is 0 Å². The summed E-state index contributed by atoms with van der Waals surface area (Å²) in [6.07, 6.45) is 5.55. The number of hydrogen-bond acceptors (Lipinski definition) is 3. The van der Waals surface area contributed by atoms with E-state index >= 15 is 0 Å². The summed E-state index contributed by atoms with van der Waals surface area (Å²) in [6, 6.07) is 1.89. The Bertz CT molecular complexity index is 260. The van der Waals surface area contributed by atoms with E-state index in [9.17, 15) is 4.79 Å². The van der Waals surface area contributed by atoms with Crippen molar-refractivity contribution in [1.29, 1.82) is 0 Å². The fraction of sp³-hybridized carbons (Fsp3) is 0.333. The van der Waals surface area contributed by atoms with Gasteiger partial charge in [-0.15, -0.1) is 0 Å². The Hall–Kier alpha value is -1.38. The predicted molar refractivity (Wildman–Crippen MR) is 45.2 cm³/mol. The van der Waals surface area contributed by atoms with Crippen molar-refractivity contribution in [2.45, 2.75) is 12.8 Å². The number of nitrogens with zero attached hydrogens (tertiary/aromatic N) is 1. The molecule has 0 spiro atoms. The molecular weight excluding hydrogens is 154 g/mol. The van der Waals surface area contributed by atoms with Crippen LogP contribution in [0.3, 0.4) is 0 Å². The summed E-state index contributed by atoms with van der Waals surface area (Å²) in [4.78, 5) is 14.0. The summed E-state index contributed by atoms with van der Waals surface area (Å²) >= 11 is 0. The monoisotopic (exact) mass is 165 g/mol. The molecule has 0 amide bonds. The van der Waals surface area contributed by atoms with Gasteiger partial charge in [0.15, 0.2) is 0 Å². The van der Waals surface area contributed by atoms with E-state index in [2.05, 4.69) is 4.98 Å². The maximum absolute atomic E-state index is 10.1. The van der Waals surface area contributed by atoms with Crippen LogP contribution in [0.1, 0.15) is 12.0 Å². The van der Waals surface area contributed by atoms with Crippen LogP contribution in [0.2, 0.25) is 0 Å². The highest BCUT2D eigenvalue weighted by atomic mass is 16.5. The van der Waals surface area contributed by atoms with Crippen molar-refractivity contribution in [3.8, 4) is 5.75 Å². The van der Waals surface area contributed by atoms with Crippen molar-refractivity contribution in [3.05, 3.63) is 24.0 Å². The fourth-order valence-corrected chi connectivity index (χ4v) is 0.938. The standard InChI is InChI=1S/C9H11NO2/c1-12-9-5-8(3-2-4-11)6-10-7-9/h4-7H,2-3H2,1H3. The van der Waals surface area contributed by atoms with Crippen molar-refractivity contribution in [1.82, 2.24) is 4.98 Å². The zero-order valence-electron chi connectivity index (χ0n) is 6.99. The SMILES string of the molecule is COc1cncc(CCC=O)c1. The number of ether oxygens (including phenoxy) is 1. The van der Waals surface area contributed by atoms with Crippen LogP contribution >= 0.6 is 0 Å². The highest BCUT2D eigenvalue weighted by molar-refractivity contribution is 5.50. The molecule has 0 N–H and O–H groups in total. The van der Waals surface area contributed by atoms with Crippen LogP contribution in [0.4, 0.5) is 0 Å². The van der Waals surface area contributed by atoms with E-state index in [1.807, 2.05) is 6.07 Å². The van der Waals surface area contributed by atoms with Gasteiger partial charge in [-0.2, -0.15) is 0 Å². The van der Waals surface area contributed by atoms with E-state index in [0.717, 1.165) is 24.0 Å². The molecule has 1 aromatic heterocycles. The zero-order chi connectivity index (χ0) is 8.81. The largest absolute Gasteiger partial charge is 0.495 e. The van der Waals surface area contributed by atoms with Crippen LogP contribution in [0.5, 0.6) is 5.75 Å². The molecule has 0 aliphatic carbocycles. The van der Waals surface area contributed by atoms with Gasteiger partial charge in [0.1, 0.15) is 12.0 Å². The van der Waals surface area contributed by atoms with Gasteiger partial charge in [-0.05, 0) is 18.1 Å². The molecule has 1 rings (SSSR count). The molecule has 0 aliphatic heterocycles. The first-order chi connectivity index (χ1) is 5.86. The molecule has 64 valence electrons. The zero-order valence-corrected chi connectivity index (χ0v) is 6.99. The van der Waals surface area contributed by atoms with Crippen molar-refractivity contribution in [2.75, 3.05) is 7.11 Å². The lowest BCUT2D eigenvalue weighted by molar-refractivity contribution is -0.107. The highest BCUT2D eigenvalue weighted by Crippen LogP contribution is 2.10. The van der Waals surface area contributed by atoms with Crippen LogP contribution in [0.15, 0.2) is 18.5 Å². The number of aromatic nitrogens is 1. The average molecular weight is 165 g/mol. The number of hydrogen-bond donors (Lipinski definition) is 0. The summed E-state index contributed by atoms with van der Waals surface area (Å²) in [5, 5.41) is 0. The molecule has 0 atom stereocenters. The lowest BCUT2D eigenvalue weighted by Crippen LogP contribution is -1.90. The number of carbonyl (C=O) groups is 1. The Morgan fingerprint density at radius 2 is 2.42 bits per heavy atom. The third-order valence-electron chi connectivity index (χ3n) is 1.56. The van der Waals surface area contributed by atoms with E-state index in [1.165, 1.54) is 0 Å².